The molecule has 0 bridgehead atoms. The molecular weight excluding hydrogens is 368 g/mol. The summed E-state index contributed by atoms with van der Waals surface area (Å²) in [4.78, 5) is 15.6. The molecule has 3 aromatic rings. The van der Waals surface area contributed by atoms with Gasteiger partial charge in [-0.2, -0.15) is 0 Å². The molecule has 27 heavy (non-hydrogen) atoms. The van der Waals surface area contributed by atoms with Crippen LogP contribution in [0.2, 0.25) is 0 Å². The first kappa shape index (κ1) is 18.1. The standard InChI is InChI=1S/C24H22OS2/c1-16-8-10-26-22(16)14-20-12-19(18-6-4-3-5-7-18)13-21(24(20)25)15-23-17(2)9-11-27-23/h3-11,14-15,19H,12-13H2,1-2H3/b20-14+,21-15+. The second-order valence-electron chi connectivity index (χ2n) is 7.12. The predicted octanol–water partition coefficient (Wildman–Crippen LogP) is 7.04. The molecule has 0 saturated heterocycles. The van der Waals surface area contributed by atoms with Crippen LogP contribution in [0.4, 0.5) is 0 Å². The van der Waals surface area contributed by atoms with Crippen LogP contribution in [0.25, 0.3) is 12.2 Å². The SMILES string of the molecule is Cc1ccsc1/C=C1\CC(c2ccccc2)C/C(=C\c2sccc2C)C1=O. The first-order chi connectivity index (χ1) is 13.1. The van der Waals surface area contributed by atoms with E-state index in [0.717, 1.165) is 24.0 Å². The van der Waals surface area contributed by atoms with Crippen LogP contribution >= 0.6 is 22.7 Å². The molecule has 0 radical (unpaired) electrons. The van der Waals surface area contributed by atoms with Gasteiger partial charge < -0.3 is 0 Å². The first-order valence-electron chi connectivity index (χ1n) is 9.21. The van der Waals surface area contributed by atoms with Gasteiger partial charge in [-0.05, 0) is 84.3 Å². The van der Waals surface area contributed by atoms with Gasteiger partial charge in [0.05, 0.1) is 0 Å². The Labute approximate surface area is 168 Å². The molecule has 0 spiro atoms. The average Bonchev–Trinajstić information content (AvgIpc) is 3.27. The van der Waals surface area contributed by atoms with E-state index in [-0.39, 0.29) is 5.78 Å². The predicted molar refractivity (Wildman–Crippen MR) is 117 cm³/mol. The highest BCUT2D eigenvalue weighted by atomic mass is 32.1. The first-order valence-corrected chi connectivity index (χ1v) is 11.0. The number of ketones is 1. The van der Waals surface area contributed by atoms with E-state index in [2.05, 4.69) is 79.2 Å². The van der Waals surface area contributed by atoms with Gasteiger partial charge in [-0.15, -0.1) is 22.7 Å². The summed E-state index contributed by atoms with van der Waals surface area (Å²) >= 11 is 3.41. The Morgan fingerprint density at radius 2 is 1.33 bits per heavy atom. The van der Waals surface area contributed by atoms with Crippen LogP contribution < -0.4 is 0 Å². The normalized spacial score (nSPS) is 20.5. The van der Waals surface area contributed by atoms with Gasteiger partial charge in [0, 0.05) is 20.9 Å². The van der Waals surface area contributed by atoms with Crippen molar-refractivity contribution in [2.24, 2.45) is 0 Å². The van der Waals surface area contributed by atoms with Crippen LogP contribution in [-0.4, -0.2) is 5.78 Å². The van der Waals surface area contributed by atoms with Gasteiger partial charge in [0.1, 0.15) is 0 Å². The van der Waals surface area contributed by atoms with Crippen molar-refractivity contribution in [2.75, 3.05) is 0 Å². The summed E-state index contributed by atoms with van der Waals surface area (Å²) in [6, 6.07) is 14.8. The van der Waals surface area contributed by atoms with Crippen molar-refractivity contribution in [1.82, 2.24) is 0 Å². The summed E-state index contributed by atoms with van der Waals surface area (Å²) in [5.41, 5.74) is 5.65. The molecule has 1 nitrogen and oxygen atoms in total. The molecule has 1 aliphatic carbocycles. The van der Waals surface area contributed by atoms with Gasteiger partial charge in [0.2, 0.25) is 0 Å². The molecule has 2 heterocycles. The highest BCUT2D eigenvalue weighted by molar-refractivity contribution is 7.11. The minimum atomic E-state index is 0.211. The molecule has 0 N–H and O–H groups in total. The molecule has 1 aliphatic rings. The van der Waals surface area contributed by atoms with Crippen molar-refractivity contribution in [3.05, 3.63) is 90.8 Å². The zero-order chi connectivity index (χ0) is 18.8. The Bertz CT molecular complexity index is 955. The van der Waals surface area contributed by atoms with Crippen LogP contribution in [-0.2, 0) is 4.79 Å². The number of aryl methyl sites for hydroxylation is 2. The summed E-state index contributed by atoms with van der Waals surface area (Å²) in [5.74, 6) is 0.560. The molecule has 2 aromatic heterocycles. The summed E-state index contributed by atoms with van der Waals surface area (Å²) in [6.07, 6.45) is 5.85. The molecule has 4 rings (SSSR count). The fourth-order valence-electron chi connectivity index (χ4n) is 3.59. The van der Waals surface area contributed by atoms with Crippen molar-refractivity contribution in [3.8, 4) is 0 Å². The highest BCUT2D eigenvalue weighted by Crippen LogP contribution is 2.39. The molecule has 0 unspecified atom stereocenters. The fraction of sp³-hybridized carbons (Fsp3) is 0.208. The van der Waals surface area contributed by atoms with Crippen molar-refractivity contribution < 1.29 is 4.79 Å². The van der Waals surface area contributed by atoms with E-state index < -0.39 is 0 Å². The van der Waals surface area contributed by atoms with E-state index in [9.17, 15) is 4.79 Å². The smallest absolute Gasteiger partial charge is 0.185 e. The maximum absolute atomic E-state index is 13.3. The van der Waals surface area contributed by atoms with E-state index in [1.165, 1.54) is 26.4 Å². The molecule has 0 aliphatic heterocycles. The lowest BCUT2D eigenvalue weighted by molar-refractivity contribution is -0.112. The number of benzene rings is 1. The van der Waals surface area contributed by atoms with Gasteiger partial charge in [-0.25, -0.2) is 0 Å². The third-order valence-corrected chi connectivity index (χ3v) is 7.13. The van der Waals surface area contributed by atoms with Gasteiger partial charge >= 0.3 is 0 Å². The summed E-state index contributed by atoms with van der Waals surface area (Å²) in [7, 11) is 0. The monoisotopic (exact) mass is 390 g/mol. The van der Waals surface area contributed by atoms with Gasteiger partial charge in [-0.1, -0.05) is 30.3 Å². The lowest BCUT2D eigenvalue weighted by Crippen LogP contribution is -2.18. The average molecular weight is 391 g/mol. The quantitative estimate of drug-likeness (QED) is 0.438. The maximum Gasteiger partial charge on any atom is 0.185 e. The topological polar surface area (TPSA) is 17.1 Å². The molecule has 0 amide bonds. The Morgan fingerprint density at radius 1 is 0.815 bits per heavy atom. The number of Topliss-reactive ketones (excluding diaryl/α,β-unsaturated/α-hetero) is 1. The molecule has 136 valence electrons. The van der Waals surface area contributed by atoms with Crippen molar-refractivity contribution in [3.63, 3.8) is 0 Å². The fourth-order valence-corrected chi connectivity index (χ4v) is 5.35. The number of thiophene rings is 2. The van der Waals surface area contributed by atoms with Crippen LogP contribution in [0.15, 0.2) is 64.4 Å². The van der Waals surface area contributed by atoms with Crippen molar-refractivity contribution in [2.45, 2.75) is 32.6 Å². The largest absolute Gasteiger partial charge is 0.289 e. The van der Waals surface area contributed by atoms with E-state index in [0.29, 0.717) is 5.92 Å². The van der Waals surface area contributed by atoms with Crippen LogP contribution in [0.5, 0.6) is 0 Å². The van der Waals surface area contributed by atoms with Crippen LogP contribution in [0, 0.1) is 13.8 Å². The Balaban J connectivity index is 1.76. The highest BCUT2D eigenvalue weighted by Gasteiger charge is 2.29. The lowest BCUT2D eigenvalue weighted by atomic mass is 9.77. The zero-order valence-corrected chi connectivity index (χ0v) is 17.2. The van der Waals surface area contributed by atoms with E-state index in [1.54, 1.807) is 22.7 Å². The summed E-state index contributed by atoms with van der Waals surface area (Å²) in [6.45, 7) is 4.22. The zero-order valence-electron chi connectivity index (χ0n) is 15.6. The van der Waals surface area contributed by atoms with E-state index in [4.69, 9.17) is 0 Å². The Hall–Kier alpha value is -2.23. The number of carbonyl (C=O) groups is 1. The van der Waals surface area contributed by atoms with E-state index >= 15 is 0 Å². The molecule has 1 saturated carbocycles. The number of allylic oxidation sites excluding steroid dienone is 2. The van der Waals surface area contributed by atoms with Crippen molar-refractivity contribution in [1.29, 1.82) is 0 Å². The summed E-state index contributed by atoms with van der Waals surface area (Å²) in [5, 5.41) is 4.19. The minimum absolute atomic E-state index is 0.211. The number of hydrogen-bond donors (Lipinski definition) is 0. The summed E-state index contributed by atoms with van der Waals surface area (Å²) < 4.78 is 0. The van der Waals surface area contributed by atoms with Crippen molar-refractivity contribution >= 4 is 40.6 Å². The van der Waals surface area contributed by atoms with E-state index in [1.807, 2.05) is 0 Å². The molecular formula is C24H22OS2. The molecule has 3 heteroatoms. The Morgan fingerprint density at radius 3 is 1.78 bits per heavy atom. The second kappa shape index (κ2) is 7.79. The Kier molecular flexibility index (Phi) is 5.24. The van der Waals surface area contributed by atoms with Gasteiger partial charge in [-0.3, -0.25) is 4.79 Å². The lowest BCUT2D eigenvalue weighted by Gasteiger charge is -2.26. The van der Waals surface area contributed by atoms with Gasteiger partial charge in [0.15, 0.2) is 5.78 Å². The minimum Gasteiger partial charge on any atom is -0.289 e. The molecule has 1 aromatic carbocycles. The number of rotatable bonds is 3. The third-order valence-electron chi connectivity index (χ3n) is 5.20. The molecule has 1 fully saturated rings. The van der Waals surface area contributed by atoms with Crippen LogP contribution in [0.3, 0.4) is 0 Å². The van der Waals surface area contributed by atoms with Gasteiger partial charge in [0.25, 0.3) is 0 Å². The molecule has 0 atom stereocenters. The number of carbonyl (C=O) groups excluding carboxylic acids is 1. The number of hydrogen-bond acceptors (Lipinski definition) is 3. The second-order valence-corrected chi connectivity index (χ2v) is 9.02. The van der Waals surface area contributed by atoms with Crippen LogP contribution in [0.1, 0.15) is 45.2 Å². The maximum atomic E-state index is 13.3. The third kappa shape index (κ3) is 3.90.